The van der Waals surface area contributed by atoms with Crippen LogP contribution in [0.25, 0.3) is 0 Å². The summed E-state index contributed by atoms with van der Waals surface area (Å²) in [4.78, 5) is 16.0. The molecule has 0 spiro atoms. The van der Waals surface area contributed by atoms with Crippen LogP contribution in [-0.2, 0) is 7.05 Å². The summed E-state index contributed by atoms with van der Waals surface area (Å²) in [6.07, 6.45) is 1.50. The maximum atomic E-state index is 12.0. The largest absolute Gasteiger partial charge is 0.317 e. The Morgan fingerprint density at radius 3 is 2.72 bits per heavy atom. The molecule has 1 N–H and O–H groups in total. The Hall–Kier alpha value is -1.88. The summed E-state index contributed by atoms with van der Waals surface area (Å²) in [5, 5.41) is 7.51. The Bertz CT molecular complexity index is 606. The fraction of sp³-hybridized carbons (Fsp3) is 0.250. The molecule has 0 bridgehead atoms. The summed E-state index contributed by atoms with van der Waals surface area (Å²) in [6, 6.07) is 3.15. The number of amides is 1. The van der Waals surface area contributed by atoms with Gasteiger partial charge in [0, 0.05) is 18.3 Å². The van der Waals surface area contributed by atoms with Crippen LogP contribution in [0.2, 0.25) is 5.02 Å². The lowest BCUT2D eigenvalue weighted by atomic mass is 10.3. The highest BCUT2D eigenvalue weighted by molar-refractivity contribution is 6.30. The van der Waals surface area contributed by atoms with Crippen molar-refractivity contribution in [1.29, 1.82) is 0 Å². The number of pyridine rings is 1. The van der Waals surface area contributed by atoms with Crippen LogP contribution >= 0.6 is 11.6 Å². The van der Waals surface area contributed by atoms with Crippen molar-refractivity contribution < 1.29 is 4.79 Å². The highest BCUT2D eigenvalue weighted by atomic mass is 35.5. The van der Waals surface area contributed by atoms with Crippen LogP contribution in [0.5, 0.6) is 0 Å². The summed E-state index contributed by atoms with van der Waals surface area (Å²) in [5.41, 5.74) is 2.66. The molecule has 2 rings (SSSR count). The lowest BCUT2D eigenvalue weighted by molar-refractivity contribution is 0.102. The Balaban J connectivity index is 2.27. The van der Waals surface area contributed by atoms with E-state index >= 15 is 0 Å². The Labute approximate surface area is 110 Å². The van der Waals surface area contributed by atoms with Crippen LogP contribution in [0.1, 0.15) is 21.9 Å². The van der Waals surface area contributed by atoms with Crippen LogP contribution in [0.4, 0.5) is 5.69 Å². The van der Waals surface area contributed by atoms with Gasteiger partial charge in [0.05, 0.1) is 17.1 Å². The van der Waals surface area contributed by atoms with Gasteiger partial charge in [-0.2, -0.15) is 5.10 Å². The predicted molar refractivity (Wildman–Crippen MR) is 69.9 cm³/mol. The molecule has 18 heavy (non-hydrogen) atoms. The molecule has 0 saturated carbocycles. The van der Waals surface area contributed by atoms with E-state index < -0.39 is 0 Å². The Morgan fingerprint density at radius 2 is 2.17 bits per heavy atom. The zero-order valence-corrected chi connectivity index (χ0v) is 11.1. The van der Waals surface area contributed by atoms with Crippen LogP contribution in [0, 0.1) is 13.8 Å². The van der Waals surface area contributed by atoms with Gasteiger partial charge in [0.15, 0.2) is 0 Å². The lowest BCUT2D eigenvalue weighted by Gasteiger charge is -2.05. The summed E-state index contributed by atoms with van der Waals surface area (Å²) in [5.74, 6) is -0.295. The van der Waals surface area contributed by atoms with Gasteiger partial charge in [-0.25, -0.2) is 0 Å². The molecule has 0 aliphatic rings. The number of anilines is 1. The number of aromatic nitrogens is 3. The molecule has 0 fully saturated rings. The molecular weight excluding hydrogens is 252 g/mol. The van der Waals surface area contributed by atoms with Gasteiger partial charge < -0.3 is 5.32 Å². The minimum Gasteiger partial charge on any atom is -0.317 e. The van der Waals surface area contributed by atoms with Gasteiger partial charge in [-0.15, -0.1) is 0 Å². The van der Waals surface area contributed by atoms with E-state index in [1.165, 1.54) is 12.3 Å². The van der Waals surface area contributed by atoms with E-state index in [0.29, 0.717) is 10.7 Å². The molecule has 0 atom stereocenters. The number of carbonyl (C=O) groups is 1. The minimum absolute atomic E-state index is 0.283. The van der Waals surface area contributed by atoms with Gasteiger partial charge >= 0.3 is 0 Å². The third-order valence-electron chi connectivity index (χ3n) is 2.70. The van der Waals surface area contributed by atoms with Gasteiger partial charge in [0.2, 0.25) is 0 Å². The summed E-state index contributed by atoms with van der Waals surface area (Å²) in [6.45, 7) is 3.73. The molecule has 0 aromatic carbocycles. The molecule has 0 aliphatic carbocycles. The number of carbonyl (C=O) groups excluding carboxylic acids is 1. The SMILES string of the molecule is Cc1nn(C)c(C)c1NC(=O)c1cc(Cl)ccn1. The molecule has 0 unspecified atom stereocenters. The highest BCUT2D eigenvalue weighted by Crippen LogP contribution is 2.19. The highest BCUT2D eigenvalue weighted by Gasteiger charge is 2.14. The first-order valence-electron chi connectivity index (χ1n) is 5.42. The van der Waals surface area contributed by atoms with Crippen LogP contribution in [0.15, 0.2) is 18.3 Å². The van der Waals surface area contributed by atoms with Crippen molar-refractivity contribution in [3.63, 3.8) is 0 Å². The molecule has 0 radical (unpaired) electrons. The van der Waals surface area contributed by atoms with Crippen molar-refractivity contribution in [2.24, 2.45) is 7.05 Å². The van der Waals surface area contributed by atoms with Gasteiger partial charge in [0.25, 0.3) is 5.91 Å². The maximum Gasteiger partial charge on any atom is 0.274 e. The standard InChI is InChI=1S/C12H13ClN4O/c1-7-11(8(2)17(3)16-7)15-12(18)10-6-9(13)4-5-14-10/h4-6H,1-3H3,(H,15,18). The number of halogens is 1. The number of nitrogens with one attached hydrogen (secondary N) is 1. The second-order valence-corrected chi connectivity index (χ2v) is 4.42. The van der Waals surface area contributed by atoms with E-state index in [0.717, 1.165) is 11.4 Å². The van der Waals surface area contributed by atoms with Crippen LogP contribution < -0.4 is 5.32 Å². The summed E-state index contributed by atoms with van der Waals surface area (Å²) in [7, 11) is 1.83. The van der Waals surface area contributed by atoms with E-state index in [4.69, 9.17) is 11.6 Å². The van der Waals surface area contributed by atoms with Crippen molar-refractivity contribution in [2.75, 3.05) is 5.32 Å². The number of rotatable bonds is 2. The summed E-state index contributed by atoms with van der Waals surface area (Å²) < 4.78 is 1.72. The first-order chi connectivity index (χ1) is 8.49. The average Bonchev–Trinajstić information content (AvgIpc) is 2.56. The van der Waals surface area contributed by atoms with Gasteiger partial charge in [0.1, 0.15) is 5.69 Å². The average molecular weight is 265 g/mol. The first kappa shape index (κ1) is 12.6. The molecule has 2 aromatic heterocycles. The monoisotopic (exact) mass is 264 g/mol. The zero-order chi connectivity index (χ0) is 13.3. The molecule has 6 heteroatoms. The third-order valence-corrected chi connectivity index (χ3v) is 2.94. The third kappa shape index (κ3) is 2.36. The van der Waals surface area contributed by atoms with Crippen LogP contribution in [-0.4, -0.2) is 20.7 Å². The Kier molecular flexibility index (Phi) is 3.34. The normalized spacial score (nSPS) is 10.4. The number of hydrogen-bond acceptors (Lipinski definition) is 3. The first-order valence-corrected chi connectivity index (χ1v) is 5.80. The van der Waals surface area contributed by atoms with Crippen molar-refractivity contribution in [3.05, 3.63) is 40.4 Å². The number of nitrogens with zero attached hydrogens (tertiary/aromatic N) is 3. The molecule has 0 aliphatic heterocycles. The smallest absolute Gasteiger partial charge is 0.274 e. The molecule has 2 heterocycles. The van der Waals surface area contributed by atoms with Crippen molar-refractivity contribution in [3.8, 4) is 0 Å². The van der Waals surface area contributed by atoms with Gasteiger partial charge in [-0.1, -0.05) is 11.6 Å². The minimum atomic E-state index is -0.295. The molecule has 1 amide bonds. The van der Waals surface area contributed by atoms with E-state index in [1.54, 1.807) is 10.7 Å². The molecule has 5 nitrogen and oxygen atoms in total. The Morgan fingerprint density at radius 1 is 1.44 bits per heavy atom. The van der Waals surface area contributed by atoms with Gasteiger partial charge in [-0.05, 0) is 26.0 Å². The van der Waals surface area contributed by atoms with E-state index in [1.807, 2.05) is 20.9 Å². The lowest BCUT2D eigenvalue weighted by Crippen LogP contribution is -2.14. The number of hydrogen-bond donors (Lipinski definition) is 1. The van der Waals surface area contributed by atoms with Crippen molar-refractivity contribution in [2.45, 2.75) is 13.8 Å². The van der Waals surface area contributed by atoms with Crippen LogP contribution in [0.3, 0.4) is 0 Å². The van der Waals surface area contributed by atoms with E-state index in [-0.39, 0.29) is 11.6 Å². The summed E-state index contributed by atoms with van der Waals surface area (Å²) >= 11 is 5.82. The zero-order valence-electron chi connectivity index (χ0n) is 10.4. The topological polar surface area (TPSA) is 59.8 Å². The second-order valence-electron chi connectivity index (χ2n) is 3.98. The molecule has 2 aromatic rings. The number of aryl methyl sites for hydroxylation is 2. The maximum absolute atomic E-state index is 12.0. The van der Waals surface area contributed by atoms with Crippen molar-refractivity contribution >= 4 is 23.2 Å². The van der Waals surface area contributed by atoms with E-state index in [9.17, 15) is 4.79 Å². The van der Waals surface area contributed by atoms with Gasteiger partial charge in [-0.3, -0.25) is 14.5 Å². The molecule has 94 valence electrons. The quantitative estimate of drug-likeness (QED) is 0.906. The fourth-order valence-electron chi connectivity index (χ4n) is 1.66. The second kappa shape index (κ2) is 4.78. The van der Waals surface area contributed by atoms with E-state index in [2.05, 4.69) is 15.4 Å². The molecule has 0 saturated heterocycles. The molecular formula is C12H13ClN4O. The predicted octanol–water partition coefficient (Wildman–Crippen LogP) is 2.34. The fourth-order valence-corrected chi connectivity index (χ4v) is 1.82. The van der Waals surface area contributed by atoms with Crippen molar-refractivity contribution in [1.82, 2.24) is 14.8 Å².